The number of aromatic carboxylic acids is 1. The molecule has 0 aliphatic heterocycles. The molecule has 3 N–H and O–H groups in total. The van der Waals surface area contributed by atoms with Gasteiger partial charge < -0.3 is 15.4 Å². The van der Waals surface area contributed by atoms with Crippen LogP contribution in [0.2, 0.25) is 0 Å². The first-order valence-corrected chi connectivity index (χ1v) is 6.44. The summed E-state index contributed by atoms with van der Waals surface area (Å²) in [5.41, 5.74) is 1.28. The fraction of sp³-hybridized carbons (Fsp3) is 0.571. The van der Waals surface area contributed by atoms with Gasteiger partial charge in [0, 0.05) is 11.2 Å². The Morgan fingerprint density at radius 3 is 2.32 bits per heavy atom. The molecule has 0 aliphatic carbocycles. The summed E-state index contributed by atoms with van der Waals surface area (Å²) in [6.07, 6.45) is 1.84. The Labute approximate surface area is 113 Å². The van der Waals surface area contributed by atoms with Gasteiger partial charge in [-0.05, 0) is 39.7 Å². The van der Waals surface area contributed by atoms with Crippen molar-refractivity contribution in [3.8, 4) is 0 Å². The quantitative estimate of drug-likeness (QED) is 0.766. The summed E-state index contributed by atoms with van der Waals surface area (Å²) in [4.78, 5) is 26.1. The predicted octanol–water partition coefficient (Wildman–Crippen LogP) is 2.64. The second-order valence-corrected chi connectivity index (χ2v) is 5.52. The Balaban J connectivity index is 3.04. The lowest BCUT2D eigenvalue weighted by Gasteiger charge is -2.26. The molecule has 19 heavy (non-hydrogen) atoms. The standard InChI is InChI=1S/C14H22N2O3/c1-6-7-14(4,5)16-12(17)10-8(2)11(13(18)19)15-9(10)3/h15H,6-7H2,1-5H3,(H,16,17)(H,18,19). The van der Waals surface area contributed by atoms with Gasteiger partial charge in [0.1, 0.15) is 5.69 Å². The zero-order valence-corrected chi connectivity index (χ0v) is 12.2. The number of hydrogen-bond donors (Lipinski definition) is 3. The second kappa shape index (κ2) is 5.47. The van der Waals surface area contributed by atoms with Crippen molar-refractivity contribution in [1.29, 1.82) is 0 Å². The molecule has 1 aromatic rings. The third-order valence-corrected chi connectivity index (χ3v) is 3.21. The Kier molecular flexibility index (Phi) is 4.39. The van der Waals surface area contributed by atoms with Crippen molar-refractivity contribution in [2.75, 3.05) is 0 Å². The summed E-state index contributed by atoms with van der Waals surface area (Å²) >= 11 is 0. The summed E-state index contributed by atoms with van der Waals surface area (Å²) < 4.78 is 0. The fourth-order valence-corrected chi connectivity index (χ4v) is 2.36. The van der Waals surface area contributed by atoms with E-state index in [1.165, 1.54) is 0 Å². The maximum atomic E-state index is 12.3. The number of aryl methyl sites for hydroxylation is 1. The Hall–Kier alpha value is -1.78. The largest absolute Gasteiger partial charge is 0.477 e. The highest BCUT2D eigenvalue weighted by Gasteiger charge is 2.25. The number of carbonyl (C=O) groups is 2. The van der Waals surface area contributed by atoms with E-state index in [9.17, 15) is 9.59 Å². The molecule has 1 amide bonds. The average molecular weight is 266 g/mol. The van der Waals surface area contributed by atoms with Gasteiger partial charge in [-0.25, -0.2) is 4.79 Å². The average Bonchev–Trinajstić information content (AvgIpc) is 2.53. The molecule has 0 spiro atoms. The van der Waals surface area contributed by atoms with Crippen LogP contribution in [0.4, 0.5) is 0 Å². The van der Waals surface area contributed by atoms with Crippen LogP contribution in [0, 0.1) is 13.8 Å². The third kappa shape index (κ3) is 3.36. The number of nitrogens with one attached hydrogen (secondary N) is 2. The number of carboxylic acid groups (broad SMARTS) is 1. The molecular formula is C14H22N2O3. The molecule has 1 aromatic heterocycles. The summed E-state index contributed by atoms with van der Waals surface area (Å²) in [6.45, 7) is 9.34. The van der Waals surface area contributed by atoms with E-state index in [1.54, 1.807) is 13.8 Å². The highest BCUT2D eigenvalue weighted by atomic mass is 16.4. The van der Waals surface area contributed by atoms with Crippen molar-refractivity contribution in [3.05, 3.63) is 22.5 Å². The molecule has 0 saturated heterocycles. The number of H-pyrrole nitrogens is 1. The first-order valence-electron chi connectivity index (χ1n) is 6.44. The van der Waals surface area contributed by atoms with E-state index in [0.717, 1.165) is 12.8 Å². The highest BCUT2D eigenvalue weighted by Crippen LogP contribution is 2.20. The number of rotatable bonds is 5. The normalized spacial score (nSPS) is 11.4. The van der Waals surface area contributed by atoms with Crippen LogP contribution in [-0.2, 0) is 0 Å². The van der Waals surface area contributed by atoms with E-state index >= 15 is 0 Å². The summed E-state index contributed by atoms with van der Waals surface area (Å²) in [5, 5.41) is 12.0. The first kappa shape index (κ1) is 15.3. The minimum absolute atomic E-state index is 0.0796. The van der Waals surface area contributed by atoms with Crippen LogP contribution in [0.5, 0.6) is 0 Å². The fourth-order valence-electron chi connectivity index (χ4n) is 2.36. The monoisotopic (exact) mass is 266 g/mol. The summed E-state index contributed by atoms with van der Waals surface area (Å²) in [7, 11) is 0. The lowest BCUT2D eigenvalue weighted by molar-refractivity contribution is 0.0690. The van der Waals surface area contributed by atoms with Crippen LogP contribution < -0.4 is 5.32 Å². The molecule has 0 aliphatic rings. The van der Waals surface area contributed by atoms with Crippen LogP contribution in [0.25, 0.3) is 0 Å². The van der Waals surface area contributed by atoms with Gasteiger partial charge in [0.2, 0.25) is 0 Å². The zero-order chi connectivity index (χ0) is 14.8. The van der Waals surface area contributed by atoms with Gasteiger partial charge in [-0.2, -0.15) is 0 Å². The molecule has 0 unspecified atom stereocenters. The molecule has 5 nitrogen and oxygen atoms in total. The van der Waals surface area contributed by atoms with Crippen LogP contribution in [0.1, 0.15) is 65.7 Å². The van der Waals surface area contributed by atoms with Crippen molar-refractivity contribution in [1.82, 2.24) is 10.3 Å². The first-order chi connectivity index (χ1) is 8.69. The highest BCUT2D eigenvalue weighted by molar-refractivity contribution is 6.01. The van der Waals surface area contributed by atoms with Crippen molar-refractivity contribution in [2.45, 2.75) is 53.0 Å². The third-order valence-electron chi connectivity index (χ3n) is 3.21. The molecular weight excluding hydrogens is 244 g/mol. The van der Waals surface area contributed by atoms with Gasteiger partial charge in [-0.3, -0.25) is 4.79 Å². The lowest BCUT2D eigenvalue weighted by atomic mass is 9.98. The molecule has 0 atom stereocenters. The van der Waals surface area contributed by atoms with Crippen LogP contribution in [0.3, 0.4) is 0 Å². The van der Waals surface area contributed by atoms with E-state index < -0.39 is 5.97 Å². The summed E-state index contributed by atoms with van der Waals surface area (Å²) in [6, 6.07) is 0. The van der Waals surface area contributed by atoms with Crippen LogP contribution >= 0.6 is 0 Å². The zero-order valence-electron chi connectivity index (χ0n) is 12.2. The maximum Gasteiger partial charge on any atom is 0.352 e. The van der Waals surface area contributed by atoms with E-state index in [0.29, 0.717) is 16.8 Å². The molecule has 1 heterocycles. The van der Waals surface area contributed by atoms with Crippen molar-refractivity contribution >= 4 is 11.9 Å². The molecule has 1 rings (SSSR count). The maximum absolute atomic E-state index is 12.3. The topological polar surface area (TPSA) is 82.2 Å². The number of aromatic nitrogens is 1. The smallest absolute Gasteiger partial charge is 0.352 e. The van der Waals surface area contributed by atoms with E-state index in [-0.39, 0.29) is 17.1 Å². The minimum Gasteiger partial charge on any atom is -0.477 e. The lowest BCUT2D eigenvalue weighted by Crippen LogP contribution is -2.43. The molecule has 0 saturated carbocycles. The molecule has 0 fully saturated rings. The van der Waals surface area contributed by atoms with Gasteiger partial charge in [0.05, 0.1) is 5.56 Å². The number of carboxylic acids is 1. The van der Waals surface area contributed by atoms with Crippen molar-refractivity contribution in [3.63, 3.8) is 0 Å². The Morgan fingerprint density at radius 1 is 1.32 bits per heavy atom. The summed E-state index contributed by atoms with van der Waals surface area (Å²) in [5.74, 6) is -1.27. The molecule has 0 aromatic carbocycles. The SMILES string of the molecule is CCCC(C)(C)NC(=O)c1c(C)[nH]c(C(=O)O)c1C. The molecule has 106 valence electrons. The predicted molar refractivity (Wildman–Crippen MR) is 73.7 cm³/mol. The number of carbonyl (C=O) groups excluding carboxylic acids is 1. The van der Waals surface area contributed by atoms with Crippen molar-refractivity contribution < 1.29 is 14.7 Å². The molecule has 0 bridgehead atoms. The van der Waals surface area contributed by atoms with Gasteiger partial charge in [0.25, 0.3) is 5.91 Å². The number of aromatic amines is 1. The van der Waals surface area contributed by atoms with Gasteiger partial charge in [-0.1, -0.05) is 13.3 Å². The second-order valence-electron chi connectivity index (χ2n) is 5.52. The van der Waals surface area contributed by atoms with Gasteiger partial charge >= 0.3 is 5.97 Å². The van der Waals surface area contributed by atoms with Crippen molar-refractivity contribution in [2.24, 2.45) is 0 Å². The van der Waals surface area contributed by atoms with Gasteiger partial charge in [0.15, 0.2) is 0 Å². The molecule has 5 heteroatoms. The number of hydrogen-bond acceptors (Lipinski definition) is 2. The van der Waals surface area contributed by atoms with Crippen LogP contribution in [-0.4, -0.2) is 27.5 Å². The van der Waals surface area contributed by atoms with E-state index in [1.807, 2.05) is 13.8 Å². The van der Waals surface area contributed by atoms with Crippen LogP contribution in [0.15, 0.2) is 0 Å². The number of amides is 1. The Morgan fingerprint density at radius 2 is 1.89 bits per heavy atom. The van der Waals surface area contributed by atoms with E-state index in [2.05, 4.69) is 17.2 Å². The minimum atomic E-state index is -1.05. The van der Waals surface area contributed by atoms with E-state index in [4.69, 9.17) is 5.11 Å². The van der Waals surface area contributed by atoms with Gasteiger partial charge in [-0.15, -0.1) is 0 Å². The Bertz CT molecular complexity index is 501. The molecule has 0 radical (unpaired) electrons.